The van der Waals surface area contributed by atoms with Crippen LogP contribution in [0, 0.1) is 11.8 Å². The number of esters is 1. The number of hydrogen-bond acceptors (Lipinski definition) is 5. The predicted molar refractivity (Wildman–Crippen MR) is 108 cm³/mol. The zero-order valence-electron chi connectivity index (χ0n) is 18.2. The van der Waals surface area contributed by atoms with Gasteiger partial charge in [0.05, 0.1) is 6.61 Å². The molecule has 0 heterocycles. The minimum absolute atomic E-state index is 0.0973. The molecule has 0 radical (unpaired) electrons. The summed E-state index contributed by atoms with van der Waals surface area (Å²) in [6.07, 6.45) is 4.73. The SMILES string of the molecule is CC(C)=CCC[C@H](C)CCOC(=O)C(CCCNC(=O)OC(C)(C)C)C(=O)O. The average molecular weight is 400 g/mol. The Morgan fingerprint density at radius 1 is 1.11 bits per heavy atom. The van der Waals surface area contributed by atoms with Crippen molar-refractivity contribution in [1.82, 2.24) is 5.32 Å². The topological polar surface area (TPSA) is 102 Å². The van der Waals surface area contributed by atoms with Crippen LogP contribution < -0.4 is 5.32 Å². The molecule has 0 saturated heterocycles. The normalized spacial score (nSPS) is 13.2. The second-order valence-corrected chi connectivity index (χ2v) is 8.38. The first kappa shape index (κ1) is 26.0. The molecule has 1 unspecified atom stereocenters. The van der Waals surface area contributed by atoms with Gasteiger partial charge in [-0.25, -0.2) is 4.79 Å². The summed E-state index contributed by atoms with van der Waals surface area (Å²) in [5.41, 5.74) is 0.685. The van der Waals surface area contributed by atoms with Crippen LogP contribution in [0.2, 0.25) is 0 Å². The molecule has 0 aromatic heterocycles. The van der Waals surface area contributed by atoms with Crippen LogP contribution in [0.25, 0.3) is 0 Å². The first-order valence-corrected chi connectivity index (χ1v) is 9.92. The van der Waals surface area contributed by atoms with Crippen LogP contribution in [0.5, 0.6) is 0 Å². The maximum absolute atomic E-state index is 12.1. The number of allylic oxidation sites excluding steroid dienone is 2. The molecule has 0 aliphatic heterocycles. The van der Waals surface area contributed by atoms with Crippen molar-refractivity contribution in [1.29, 1.82) is 0 Å². The molecule has 0 rings (SSSR count). The Kier molecular flexibility index (Phi) is 12.2. The highest BCUT2D eigenvalue weighted by atomic mass is 16.6. The second-order valence-electron chi connectivity index (χ2n) is 8.38. The molecular formula is C21H37NO6. The highest BCUT2D eigenvalue weighted by Crippen LogP contribution is 2.14. The Morgan fingerprint density at radius 3 is 2.29 bits per heavy atom. The van der Waals surface area contributed by atoms with Crippen molar-refractivity contribution in [3.8, 4) is 0 Å². The minimum atomic E-state index is -1.22. The van der Waals surface area contributed by atoms with Crippen molar-refractivity contribution < 1.29 is 29.0 Å². The van der Waals surface area contributed by atoms with Gasteiger partial charge >= 0.3 is 18.0 Å². The van der Waals surface area contributed by atoms with E-state index < -0.39 is 29.6 Å². The van der Waals surface area contributed by atoms with Gasteiger partial charge in [0, 0.05) is 6.54 Å². The van der Waals surface area contributed by atoms with Crippen LogP contribution >= 0.6 is 0 Å². The molecule has 7 nitrogen and oxygen atoms in total. The standard InChI is InChI=1S/C21H37NO6/c1-15(2)9-7-10-16(3)12-14-27-19(25)17(18(23)24)11-8-13-22-20(26)28-21(4,5)6/h9,16-17H,7-8,10-14H2,1-6H3,(H,22,26)(H,23,24)/t16-,17?/m0/s1. The number of alkyl carbamates (subject to hydrolysis) is 1. The number of carbonyl (C=O) groups is 3. The minimum Gasteiger partial charge on any atom is -0.481 e. The summed E-state index contributed by atoms with van der Waals surface area (Å²) >= 11 is 0. The van der Waals surface area contributed by atoms with Crippen LogP contribution in [-0.4, -0.2) is 41.9 Å². The van der Waals surface area contributed by atoms with Crippen molar-refractivity contribution in [2.24, 2.45) is 11.8 Å². The van der Waals surface area contributed by atoms with Gasteiger partial charge in [-0.1, -0.05) is 18.6 Å². The molecule has 0 saturated carbocycles. The smallest absolute Gasteiger partial charge is 0.407 e. The summed E-state index contributed by atoms with van der Waals surface area (Å²) in [4.78, 5) is 34.9. The van der Waals surface area contributed by atoms with E-state index in [1.165, 1.54) is 5.57 Å². The van der Waals surface area contributed by atoms with Crippen LogP contribution in [0.4, 0.5) is 4.79 Å². The van der Waals surface area contributed by atoms with E-state index in [0.29, 0.717) is 18.8 Å². The van der Waals surface area contributed by atoms with Gasteiger partial charge in [-0.3, -0.25) is 9.59 Å². The van der Waals surface area contributed by atoms with E-state index in [1.807, 2.05) is 0 Å². The molecule has 0 fully saturated rings. The Morgan fingerprint density at radius 2 is 1.75 bits per heavy atom. The highest BCUT2D eigenvalue weighted by molar-refractivity contribution is 5.93. The van der Waals surface area contributed by atoms with Crippen LogP contribution in [0.1, 0.15) is 73.6 Å². The van der Waals surface area contributed by atoms with Gasteiger partial charge in [0.2, 0.25) is 0 Å². The van der Waals surface area contributed by atoms with E-state index in [0.717, 1.165) is 12.8 Å². The fourth-order valence-corrected chi connectivity index (χ4v) is 2.42. The molecule has 0 aromatic rings. The third-order valence-electron chi connectivity index (χ3n) is 3.99. The van der Waals surface area contributed by atoms with E-state index >= 15 is 0 Å². The highest BCUT2D eigenvalue weighted by Gasteiger charge is 2.27. The molecule has 2 atom stereocenters. The number of amides is 1. The molecule has 0 bridgehead atoms. The van der Waals surface area contributed by atoms with Gasteiger partial charge in [-0.05, 0) is 72.6 Å². The summed E-state index contributed by atoms with van der Waals surface area (Å²) in [5.74, 6) is -2.76. The fourth-order valence-electron chi connectivity index (χ4n) is 2.42. The molecule has 0 aromatic carbocycles. The quantitative estimate of drug-likeness (QED) is 0.219. The largest absolute Gasteiger partial charge is 0.481 e. The van der Waals surface area contributed by atoms with Crippen LogP contribution in [0.15, 0.2) is 11.6 Å². The van der Waals surface area contributed by atoms with Gasteiger partial charge < -0.3 is 19.9 Å². The summed E-state index contributed by atoms with van der Waals surface area (Å²) in [7, 11) is 0. The summed E-state index contributed by atoms with van der Waals surface area (Å²) in [5, 5.41) is 11.8. The number of carboxylic acids is 1. The van der Waals surface area contributed by atoms with Crippen molar-refractivity contribution in [3.05, 3.63) is 11.6 Å². The molecule has 1 amide bonds. The third-order valence-corrected chi connectivity index (χ3v) is 3.99. The lowest BCUT2D eigenvalue weighted by atomic mass is 10.0. The molecule has 28 heavy (non-hydrogen) atoms. The molecular weight excluding hydrogens is 362 g/mol. The predicted octanol–water partition coefficient (Wildman–Crippen LogP) is 4.31. The van der Waals surface area contributed by atoms with Crippen LogP contribution in [-0.2, 0) is 19.1 Å². The number of carboxylic acid groups (broad SMARTS) is 1. The van der Waals surface area contributed by atoms with Crippen molar-refractivity contribution in [2.75, 3.05) is 13.2 Å². The summed E-state index contributed by atoms with van der Waals surface area (Å²) in [6, 6.07) is 0. The van der Waals surface area contributed by atoms with Gasteiger partial charge in [0.25, 0.3) is 0 Å². The number of aliphatic carboxylic acids is 1. The van der Waals surface area contributed by atoms with Gasteiger partial charge in [-0.2, -0.15) is 0 Å². The van der Waals surface area contributed by atoms with Gasteiger partial charge in [0.15, 0.2) is 5.92 Å². The number of rotatable bonds is 12. The first-order valence-electron chi connectivity index (χ1n) is 9.92. The van der Waals surface area contributed by atoms with Crippen molar-refractivity contribution in [2.45, 2.75) is 79.2 Å². The monoisotopic (exact) mass is 399 g/mol. The second kappa shape index (κ2) is 13.2. The van der Waals surface area contributed by atoms with E-state index in [-0.39, 0.29) is 19.6 Å². The lowest BCUT2D eigenvalue weighted by Gasteiger charge is -2.19. The average Bonchev–Trinajstić information content (AvgIpc) is 2.52. The number of ether oxygens (including phenoxy) is 2. The van der Waals surface area contributed by atoms with E-state index in [1.54, 1.807) is 20.8 Å². The number of carbonyl (C=O) groups excluding carboxylic acids is 2. The lowest BCUT2D eigenvalue weighted by Crippen LogP contribution is -2.33. The zero-order valence-corrected chi connectivity index (χ0v) is 18.2. The molecule has 162 valence electrons. The van der Waals surface area contributed by atoms with Crippen molar-refractivity contribution in [3.63, 3.8) is 0 Å². The fraction of sp³-hybridized carbons (Fsp3) is 0.762. The van der Waals surface area contributed by atoms with E-state index in [9.17, 15) is 19.5 Å². The zero-order chi connectivity index (χ0) is 21.7. The molecule has 0 spiro atoms. The lowest BCUT2D eigenvalue weighted by molar-refractivity contribution is -0.159. The molecule has 0 aliphatic rings. The number of nitrogens with one attached hydrogen (secondary N) is 1. The Balaban J connectivity index is 4.17. The van der Waals surface area contributed by atoms with E-state index in [2.05, 4.69) is 32.2 Å². The van der Waals surface area contributed by atoms with Crippen LogP contribution in [0.3, 0.4) is 0 Å². The third kappa shape index (κ3) is 14.1. The summed E-state index contributed by atoms with van der Waals surface area (Å²) < 4.78 is 10.3. The Labute approximate surface area is 168 Å². The van der Waals surface area contributed by atoms with Gasteiger partial charge in [-0.15, -0.1) is 0 Å². The van der Waals surface area contributed by atoms with Gasteiger partial charge in [0.1, 0.15) is 5.60 Å². The maximum atomic E-state index is 12.1. The Hall–Kier alpha value is -2.05. The summed E-state index contributed by atoms with van der Waals surface area (Å²) in [6.45, 7) is 11.9. The van der Waals surface area contributed by atoms with E-state index in [4.69, 9.17) is 9.47 Å². The number of hydrogen-bond donors (Lipinski definition) is 2. The van der Waals surface area contributed by atoms with Crippen molar-refractivity contribution >= 4 is 18.0 Å². The molecule has 0 aliphatic carbocycles. The Bertz CT molecular complexity index is 532. The molecule has 2 N–H and O–H groups in total. The maximum Gasteiger partial charge on any atom is 0.407 e. The first-order chi connectivity index (χ1) is 12.9. The molecule has 7 heteroatoms.